The van der Waals surface area contributed by atoms with E-state index in [1.165, 1.54) is 39.0 Å². The van der Waals surface area contributed by atoms with E-state index >= 15 is 0 Å². The molecule has 5 aliphatic rings. The lowest BCUT2D eigenvalue weighted by molar-refractivity contribution is -0.252. The smallest absolute Gasteiger partial charge is 0.303 e. The Morgan fingerprint density at radius 3 is 2.19 bits per heavy atom. The van der Waals surface area contributed by atoms with Crippen molar-refractivity contribution in [1.82, 2.24) is 0 Å². The summed E-state index contributed by atoms with van der Waals surface area (Å²) in [5.74, 6) is 0.562. The van der Waals surface area contributed by atoms with Crippen molar-refractivity contribution < 1.29 is 19.7 Å². The molecule has 0 aromatic heterocycles. The molecule has 0 aromatic carbocycles. The lowest BCUT2D eigenvalue weighted by atomic mass is 9.33. The predicted molar refractivity (Wildman–Crippen MR) is 143 cm³/mol. The van der Waals surface area contributed by atoms with E-state index in [4.69, 9.17) is 4.74 Å². The first kappa shape index (κ1) is 26.7. The molecule has 204 valence electrons. The fraction of sp³-hybridized carbons (Fsp3) is 0.906. The van der Waals surface area contributed by atoms with Gasteiger partial charge in [0, 0.05) is 18.3 Å². The molecule has 2 N–H and O–H groups in total. The minimum atomic E-state index is -0.716. The molecule has 5 aliphatic carbocycles. The summed E-state index contributed by atoms with van der Waals surface area (Å²) in [6, 6.07) is 0. The highest BCUT2D eigenvalue weighted by Crippen LogP contribution is 2.75. The van der Waals surface area contributed by atoms with Gasteiger partial charge in [-0.05, 0) is 90.3 Å². The van der Waals surface area contributed by atoms with E-state index in [1.54, 1.807) is 5.57 Å². The van der Waals surface area contributed by atoms with Crippen molar-refractivity contribution in [1.29, 1.82) is 0 Å². The molecule has 4 nitrogen and oxygen atoms in total. The summed E-state index contributed by atoms with van der Waals surface area (Å²) < 4.78 is 5.73. The molecule has 4 heteroatoms. The fourth-order valence-electron chi connectivity index (χ4n) is 11.2. The number of rotatable bonds is 1. The molecule has 0 bridgehead atoms. The van der Waals surface area contributed by atoms with Crippen LogP contribution in [0, 0.1) is 50.2 Å². The summed E-state index contributed by atoms with van der Waals surface area (Å²) in [6.45, 7) is 20.5. The maximum absolute atomic E-state index is 12.1. The summed E-state index contributed by atoms with van der Waals surface area (Å²) >= 11 is 0. The van der Waals surface area contributed by atoms with E-state index in [2.05, 4.69) is 61.5 Å². The van der Waals surface area contributed by atoms with Crippen LogP contribution in [0.25, 0.3) is 0 Å². The Kier molecular flexibility index (Phi) is 5.82. The van der Waals surface area contributed by atoms with Crippen molar-refractivity contribution >= 4 is 5.97 Å². The molecule has 0 spiro atoms. The highest BCUT2D eigenvalue weighted by molar-refractivity contribution is 5.66. The van der Waals surface area contributed by atoms with E-state index in [9.17, 15) is 15.0 Å². The van der Waals surface area contributed by atoms with Gasteiger partial charge < -0.3 is 14.9 Å². The van der Waals surface area contributed by atoms with Crippen LogP contribution in [-0.4, -0.2) is 34.5 Å². The van der Waals surface area contributed by atoms with Gasteiger partial charge in [0.05, 0.1) is 12.2 Å². The average molecular weight is 501 g/mol. The van der Waals surface area contributed by atoms with Crippen molar-refractivity contribution in [2.24, 2.45) is 50.2 Å². The van der Waals surface area contributed by atoms with Gasteiger partial charge in [0.1, 0.15) is 6.10 Å². The van der Waals surface area contributed by atoms with Gasteiger partial charge in [-0.25, -0.2) is 0 Å². The Morgan fingerprint density at radius 1 is 0.917 bits per heavy atom. The van der Waals surface area contributed by atoms with Gasteiger partial charge in [-0.15, -0.1) is 0 Å². The largest absolute Gasteiger partial charge is 0.459 e. The number of allylic oxidation sites excluding steroid dienone is 1. The van der Waals surface area contributed by atoms with E-state index in [0.29, 0.717) is 23.2 Å². The van der Waals surface area contributed by atoms with Crippen LogP contribution < -0.4 is 0 Å². The van der Waals surface area contributed by atoms with Crippen LogP contribution in [0.5, 0.6) is 0 Å². The number of fused-ring (bicyclic) bond motifs is 7. The normalized spacial score (nSPS) is 53.1. The highest BCUT2D eigenvalue weighted by atomic mass is 16.6. The first-order valence-corrected chi connectivity index (χ1v) is 14.7. The van der Waals surface area contributed by atoms with Crippen molar-refractivity contribution in [2.45, 2.75) is 132 Å². The van der Waals surface area contributed by atoms with Gasteiger partial charge in [0.25, 0.3) is 0 Å². The molecule has 4 saturated carbocycles. The van der Waals surface area contributed by atoms with Crippen molar-refractivity contribution in [3.63, 3.8) is 0 Å². The summed E-state index contributed by atoms with van der Waals surface area (Å²) in [5.41, 5.74) is 1.67. The number of hydrogen-bond donors (Lipinski definition) is 2. The van der Waals surface area contributed by atoms with Gasteiger partial charge in [0.15, 0.2) is 0 Å². The molecule has 0 radical (unpaired) electrons. The molecule has 0 amide bonds. The Hall–Kier alpha value is -0.870. The fourth-order valence-corrected chi connectivity index (χ4v) is 11.2. The van der Waals surface area contributed by atoms with E-state index < -0.39 is 18.3 Å². The first-order valence-electron chi connectivity index (χ1n) is 14.7. The number of esters is 1. The van der Waals surface area contributed by atoms with Crippen LogP contribution in [0.15, 0.2) is 11.6 Å². The maximum Gasteiger partial charge on any atom is 0.303 e. The third-order valence-electron chi connectivity index (χ3n) is 13.2. The molecule has 0 heterocycles. The topological polar surface area (TPSA) is 66.8 Å². The van der Waals surface area contributed by atoms with Crippen molar-refractivity contribution in [2.75, 3.05) is 0 Å². The lowest BCUT2D eigenvalue weighted by Gasteiger charge is -2.72. The second-order valence-corrected chi connectivity index (χ2v) is 16.1. The molecule has 0 saturated heterocycles. The average Bonchev–Trinajstić information content (AvgIpc) is 2.73. The molecule has 36 heavy (non-hydrogen) atoms. The van der Waals surface area contributed by atoms with Crippen LogP contribution in [0.1, 0.15) is 114 Å². The molecule has 10 unspecified atom stereocenters. The van der Waals surface area contributed by atoms with E-state index in [-0.39, 0.29) is 39.5 Å². The second-order valence-electron chi connectivity index (χ2n) is 16.1. The lowest BCUT2D eigenvalue weighted by Crippen LogP contribution is -2.69. The quantitative estimate of drug-likeness (QED) is 0.311. The van der Waals surface area contributed by atoms with E-state index in [0.717, 1.165) is 12.8 Å². The number of ether oxygens (including phenoxy) is 1. The minimum Gasteiger partial charge on any atom is -0.459 e. The molecule has 0 aromatic rings. The molecule has 10 atom stereocenters. The number of carbonyl (C=O) groups excluding carboxylic acids is 1. The van der Waals surface area contributed by atoms with Gasteiger partial charge in [-0.3, -0.25) is 4.79 Å². The van der Waals surface area contributed by atoms with Crippen LogP contribution in [0.2, 0.25) is 0 Å². The summed E-state index contributed by atoms with van der Waals surface area (Å²) in [7, 11) is 0. The van der Waals surface area contributed by atoms with E-state index in [1.807, 2.05) is 0 Å². The SMILES string of the molecule is CC(=O)OC1C(O)CC2(C)C(CCC3(C)C2C(O)C=C2C4CC(C)(C)CCC4(C)CCC23C)C1(C)C. The third-order valence-corrected chi connectivity index (χ3v) is 13.2. The monoisotopic (exact) mass is 500 g/mol. The molecular weight excluding hydrogens is 448 g/mol. The number of aliphatic hydroxyl groups is 2. The highest BCUT2D eigenvalue weighted by Gasteiger charge is 2.71. The summed E-state index contributed by atoms with van der Waals surface area (Å²) in [5, 5.41) is 23.4. The molecular formula is C32H52O4. The molecule has 0 aliphatic heterocycles. The van der Waals surface area contributed by atoms with Crippen LogP contribution in [0.3, 0.4) is 0 Å². The standard InChI is InChI=1S/C32H52O4/c1-19(33)36-26-23(35)18-30(7)24(28(26,4)5)10-11-32(9)25(30)22(34)16-20-21-17-27(2,3)12-13-29(21,6)14-15-31(20,32)8/h16,21-26,34-35H,10-15,17-18H2,1-9H3. The number of carbonyl (C=O) groups is 1. The Labute approximate surface area is 219 Å². The second kappa shape index (κ2) is 7.84. The van der Waals surface area contributed by atoms with Gasteiger partial charge >= 0.3 is 5.97 Å². The number of aliphatic hydroxyl groups excluding tert-OH is 2. The zero-order chi connectivity index (χ0) is 26.7. The molecule has 5 rings (SSSR count). The predicted octanol–water partition coefficient (Wildman–Crippen LogP) is 6.68. The Morgan fingerprint density at radius 2 is 1.56 bits per heavy atom. The first-order chi connectivity index (χ1) is 16.4. The summed E-state index contributed by atoms with van der Waals surface area (Å²) in [6.07, 6.45) is 9.52. The minimum absolute atomic E-state index is 0.0330. The van der Waals surface area contributed by atoms with Crippen LogP contribution in [-0.2, 0) is 9.53 Å². The third kappa shape index (κ3) is 3.41. The molecule has 4 fully saturated rings. The van der Waals surface area contributed by atoms with Gasteiger partial charge in [0.2, 0.25) is 0 Å². The van der Waals surface area contributed by atoms with Crippen molar-refractivity contribution in [3.05, 3.63) is 11.6 Å². The zero-order valence-electron chi connectivity index (χ0n) is 24.4. The maximum atomic E-state index is 12.1. The van der Waals surface area contributed by atoms with Gasteiger partial charge in [-0.1, -0.05) is 67.0 Å². The Balaban J connectivity index is 1.59. The number of hydrogen-bond acceptors (Lipinski definition) is 4. The zero-order valence-corrected chi connectivity index (χ0v) is 24.4. The van der Waals surface area contributed by atoms with Crippen LogP contribution >= 0.6 is 0 Å². The van der Waals surface area contributed by atoms with Gasteiger partial charge in [-0.2, -0.15) is 0 Å². The van der Waals surface area contributed by atoms with Crippen LogP contribution in [0.4, 0.5) is 0 Å². The summed E-state index contributed by atoms with van der Waals surface area (Å²) in [4.78, 5) is 11.9. The van der Waals surface area contributed by atoms with Crippen molar-refractivity contribution in [3.8, 4) is 0 Å². The Bertz CT molecular complexity index is 965.